The molecule has 0 fully saturated rings. The molecule has 5 atom stereocenters. The van der Waals surface area contributed by atoms with Gasteiger partial charge < -0.3 is 33.8 Å². The fourth-order valence-electron chi connectivity index (χ4n) is 10.8. The van der Waals surface area contributed by atoms with E-state index in [1.165, 1.54) is 154 Å². The number of phosphoric acid groups is 2. The Balaban J connectivity index is 5.24. The van der Waals surface area contributed by atoms with E-state index < -0.39 is 97.5 Å². The predicted molar refractivity (Wildman–Crippen MR) is 381 cm³/mol. The highest BCUT2D eigenvalue weighted by atomic mass is 31.2. The fourth-order valence-corrected chi connectivity index (χ4v) is 12.3. The van der Waals surface area contributed by atoms with Gasteiger partial charge in [-0.25, -0.2) is 9.13 Å². The van der Waals surface area contributed by atoms with E-state index in [4.69, 9.17) is 37.0 Å². The zero-order valence-corrected chi connectivity index (χ0v) is 61.9. The van der Waals surface area contributed by atoms with Crippen LogP contribution >= 0.6 is 15.6 Å². The third kappa shape index (κ3) is 67.8. The second-order valence-electron chi connectivity index (χ2n) is 26.0. The van der Waals surface area contributed by atoms with Gasteiger partial charge in [-0.1, -0.05) is 308 Å². The minimum atomic E-state index is -4.96. The van der Waals surface area contributed by atoms with Gasteiger partial charge in [-0.2, -0.15) is 0 Å². The molecule has 0 aliphatic rings. The Morgan fingerprint density at radius 2 is 0.521 bits per heavy atom. The van der Waals surface area contributed by atoms with Crippen molar-refractivity contribution in [2.24, 2.45) is 0 Å². The second-order valence-corrected chi connectivity index (χ2v) is 28.9. The van der Waals surface area contributed by atoms with Crippen LogP contribution in [0.25, 0.3) is 0 Å². The van der Waals surface area contributed by atoms with Gasteiger partial charge in [-0.05, 0) is 64.2 Å². The highest BCUT2D eigenvalue weighted by Crippen LogP contribution is 2.45. The minimum absolute atomic E-state index is 0.0999. The van der Waals surface area contributed by atoms with Crippen LogP contribution in [-0.2, 0) is 65.4 Å². The molecule has 0 rings (SSSR count). The average Bonchev–Trinajstić information content (AvgIpc) is 1.24. The molecule has 19 heteroatoms. The Morgan fingerprint density at radius 3 is 0.819 bits per heavy atom. The third-order valence-electron chi connectivity index (χ3n) is 16.6. The van der Waals surface area contributed by atoms with Gasteiger partial charge in [0.15, 0.2) is 12.2 Å². The molecule has 5 unspecified atom stereocenters. The first-order chi connectivity index (χ1) is 45.7. The maximum atomic E-state index is 13.0. The van der Waals surface area contributed by atoms with Gasteiger partial charge in [0.2, 0.25) is 0 Å². The van der Waals surface area contributed by atoms with Crippen molar-refractivity contribution < 1.29 is 80.2 Å². The van der Waals surface area contributed by atoms with E-state index >= 15 is 0 Å². The number of phosphoric ester groups is 2. The Kier molecular flexibility index (Phi) is 66.8. The average molecular weight is 1380 g/mol. The van der Waals surface area contributed by atoms with Crippen molar-refractivity contribution in [3.8, 4) is 0 Å². The highest BCUT2D eigenvalue weighted by molar-refractivity contribution is 7.47. The first-order valence-corrected chi connectivity index (χ1v) is 41.2. The van der Waals surface area contributed by atoms with E-state index in [1.54, 1.807) is 0 Å². The minimum Gasteiger partial charge on any atom is -0.462 e. The predicted octanol–water partition coefficient (Wildman–Crippen LogP) is 21.6. The number of allylic oxidation sites excluding steroid dienone is 6. The Hall–Kier alpha value is -2.72. The standard InChI is InChI=1S/C75H140O17P2/c1-5-9-13-17-21-25-29-31-32-33-34-35-36-38-42-44-48-52-56-60-73(78)86-66-71(92-75(80)62-58-54-50-46-40-28-24-20-16-12-8-4)68-90-94(83,84)88-64-69(76)63-87-93(81,82)89-67-70(91-74(79)61-57-53-49-45-39-27-23-19-15-11-7-3)65-85-72(77)59-55-51-47-43-41-37-30-26-22-18-14-10-6-2/h21,25,31-32,34-35,69-71,76H,5-20,22-24,26-30,33,36-68H2,1-4H3,(H,81,82)(H,83,84)/b25-21-,32-31-,35-34-. The lowest BCUT2D eigenvalue weighted by atomic mass is 10.0. The molecule has 0 aliphatic carbocycles. The molecular formula is C75H140O17P2. The number of unbranched alkanes of at least 4 members (excludes halogenated alkanes) is 41. The first-order valence-electron chi connectivity index (χ1n) is 38.2. The van der Waals surface area contributed by atoms with Crippen LogP contribution in [0.15, 0.2) is 36.5 Å². The van der Waals surface area contributed by atoms with Crippen LogP contribution in [-0.4, -0.2) is 96.7 Å². The maximum absolute atomic E-state index is 13.0. The summed E-state index contributed by atoms with van der Waals surface area (Å²) in [5.41, 5.74) is 0. The van der Waals surface area contributed by atoms with Crippen molar-refractivity contribution in [1.29, 1.82) is 0 Å². The topological polar surface area (TPSA) is 237 Å². The third-order valence-corrected chi connectivity index (χ3v) is 18.5. The Morgan fingerprint density at radius 1 is 0.298 bits per heavy atom. The maximum Gasteiger partial charge on any atom is 0.472 e. The molecule has 0 heterocycles. The number of hydrogen-bond donors (Lipinski definition) is 3. The number of rotatable bonds is 73. The zero-order chi connectivity index (χ0) is 69.0. The molecule has 0 aliphatic heterocycles. The number of carbonyl (C=O) groups excluding carboxylic acids is 4. The number of carbonyl (C=O) groups is 4. The van der Waals surface area contributed by atoms with Crippen LogP contribution in [0.3, 0.4) is 0 Å². The van der Waals surface area contributed by atoms with Gasteiger partial charge >= 0.3 is 39.5 Å². The van der Waals surface area contributed by atoms with E-state index in [2.05, 4.69) is 64.2 Å². The molecule has 3 N–H and O–H groups in total. The molecule has 0 aromatic rings. The molecule has 0 radical (unpaired) electrons. The monoisotopic (exact) mass is 1370 g/mol. The molecule has 17 nitrogen and oxygen atoms in total. The van der Waals surface area contributed by atoms with E-state index in [9.17, 15) is 43.2 Å². The molecule has 0 saturated heterocycles. The molecule has 0 saturated carbocycles. The van der Waals surface area contributed by atoms with E-state index in [1.807, 2.05) is 0 Å². The fraction of sp³-hybridized carbons (Fsp3) is 0.867. The highest BCUT2D eigenvalue weighted by Gasteiger charge is 2.30. The largest absolute Gasteiger partial charge is 0.472 e. The number of aliphatic hydroxyl groups is 1. The Labute approximate surface area is 573 Å². The van der Waals surface area contributed by atoms with Gasteiger partial charge in [-0.15, -0.1) is 0 Å². The lowest BCUT2D eigenvalue weighted by molar-refractivity contribution is -0.161. The van der Waals surface area contributed by atoms with Crippen LogP contribution in [0.5, 0.6) is 0 Å². The number of esters is 4. The van der Waals surface area contributed by atoms with Crippen molar-refractivity contribution in [1.82, 2.24) is 0 Å². The van der Waals surface area contributed by atoms with Gasteiger partial charge in [0.05, 0.1) is 26.4 Å². The smallest absolute Gasteiger partial charge is 0.462 e. The summed E-state index contributed by atoms with van der Waals surface area (Å²) >= 11 is 0. The van der Waals surface area contributed by atoms with Crippen LogP contribution in [0.1, 0.15) is 362 Å². The summed E-state index contributed by atoms with van der Waals surface area (Å²) in [6.07, 6.45) is 62.8. The lowest BCUT2D eigenvalue weighted by Crippen LogP contribution is -2.30. The first kappa shape index (κ1) is 91.3. The summed E-state index contributed by atoms with van der Waals surface area (Å²) in [5, 5.41) is 10.6. The van der Waals surface area contributed by atoms with Gasteiger partial charge in [0.25, 0.3) is 0 Å². The molecule has 0 amide bonds. The summed E-state index contributed by atoms with van der Waals surface area (Å²) in [6.45, 7) is 4.89. The number of hydrogen-bond acceptors (Lipinski definition) is 15. The van der Waals surface area contributed by atoms with Crippen molar-refractivity contribution in [3.63, 3.8) is 0 Å². The van der Waals surface area contributed by atoms with Crippen molar-refractivity contribution in [2.45, 2.75) is 380 Å². The van der Waals surface area contributed by atoms with Gasteiger partial charge in [-0.3, -0.25) is 37.3 Å². The Bertz CT molecular complexity index is 1930. The summed E-state index contributed by atoms with van der Waals surface area (Å²) in [6, 6.07) is 0. The quantitative estimate of drug-likeness (QED) is 0.0169. The van der Waals surface area contributed by atoms with Crippen LogP contribution in [0, 0.1) is 0 Å². The lowest BCUT2D eigenvalue weighted by Gasteiger charge is -2.21. The molecule has 0 spiro atoms. The molecule has 552 valence electrons. The molecule has 0 aromatic carbocycles. The normalized spacial score (nSPS) is 14.2. The van der Waals surface area contributed by atoms with E-state index in [-0.39, 0.29) is 25.7 Å². The van der Waals surface area contributed by atoms with Crippen LogP contribution in [0.4, 0.5) is 0 Å². The summed E-state index contributed by atoms with van der Waals surface area (Å²) in [4.78, 5) is 72.7. The summed E-state index contributed by atoms with van der Waals surface area (Å²) in [5.74, 6) is -2.15. The molecule has 0 bridgehead atoms. The van der Waals surface area contributed by atoms with Crippen molar-refractivity contribution >= 4 is 39.5 Å². The van der Waals surface area contributed by atoms with Crippen LogP contribution in [0.2, 0.25) is 0 Å². The summed E-state index contributed by atoms with van der Waals surface area (Å²) in [7, 11) is -9.92. The van der Waals surface area contributed by atoms with Crippen molar-refractivity contribution in [3.05, 3.63) is 36.5 Å². The van der Waals surface area contributed by atoms with E-state index in [0.29, 0.717) is 25.7 Å². The van der Waals surface area contributed by atoms with Gasteiger partial charge in [0.1, 0.15) is 19.3 Å². The summed E-state index contributed by atoms with van der Waals surface area (Å²) < 4.78 is 68.4. The molecule has 94 heavy (non-hydrogen) atoms. The number of aliphatic hydroxyl groups excluding tert-OH is 1. The van der Waals surface area contributed by atoms with E-state index in [0.717, 1.165) is 128 Å². The second kappa shape index (κ2) is 68.8. The van der Waals surface area contributed by atoms with Crippen LogP contribution < -0.4 is 0 Å². The SMILES string of the molecule is CCCCC/C=C\C/C=C\C/C=C\CCCCCCCCC(=O)OCC(COP(=O)(O)OCC(O)COP(=O)(O)OCC(COC(=O)CCCCCCCCCCCCCCC)OC(=O)CCCCCCCCCCCCC)OC(=O)CCCCCCCCCCCCC. The van der Waals surface area contributed by atoms with Gasteiger partial charge in [0, 0.05) is 25.7 Å². The zero-order valence-electron chi connectivity index (χ0n) is 60.2. The molecule has 0 aromatic heterocycles. The van der Waals surface area contributed by atoms with Crippen molar-refractivity contribution in [2.75, 3.05) is 39.6 Å². The molecular weight excluding hydrogens is 1230 g/mol. The number of ether oxygens (including phenoxy) is 4.